The van der Waals surface area contributed by atoms with E-state index in [1.807, 2.05) is 26.8 Å². The van der Waals surface area contributed by atoms with Gasteiger partial charge in [0.1, 0.15) is 17.6 Å². The Morgan fingerprint density at radius 2 is 2.00 bits per heavy atom. The molecule has 1 rings (SSSR count). The van der Waals surface area contributed by atoms with Crippen molar-refractivity contribution in [3.05, 3.63) is 23.7 Å². The molecule has 0 saturated heterocycles. The monoisotopic (exact) mass is 316 g/mol. The van der Waals surface area contributed by atoms with E-state index >= 15 is 0 Å². The van der Waals surface area contributed by atoms with Crippen LogP contribution < -0.4 is 4.72 Å². The number of rotatable bonds is 7. The number of carbonyl (C=O) groups excluding carboxylic acids is 1. The summed E-state index contributed by atoms with van der Waals surface area (Å²) in [6.07, 6.45) is 1.51. The zero-order chi connectivity index (χ0) is 16.2. The fourth-order valence-electron chi connectivity index (χ4n) is 2.08. The van der Waals surface area contributed by atoms with Gasteiger partial charge in [-0.1, -0.05) is 13.8 Å². The Labute approximate surface area is 126 Å². The largest absolute Gasteiger partial charge is 0.464 e. The summed E-state index contributed by atoms with van der Waals surface area (Å²) in [5.74, 6) is 1.39. The molecular weight excluding hydrogens is 292 g/mol. The second-order valence-corrected chi connectivity index (χ2v) is 7.56. The van der Waals surface area contributed by atoms with Crippen LogP contribution in [-0.2, 0) is 21.4 Å². The van der Waals surface area contributed by atoms with Gasteiger partial charge in [0.25, 0.3) is 0 Å². The molecule has 0 aromatic carbocycles. The van der Waals surface area contributed by atoms with Gasteiger partial charge in [0.15, 0.2) is 0 Å². The molecular formula is C14H24N2O4S. The molecule has 7 heteroatoms. The number of sulfonamides is 1. The van der Waals surface area contributed by atoms with E-state index in [0.29, 0.717) is 18.7 Å². The molecule has 0 aliphatic carbocycles. The van der Waals surface area contributed by atoms with Gasteiger partial charge in [0, 0.05) is 7.05 Å². The lowest BCUT2D eigenvalue weighted by Gasteiger charge is -2.24. The van der Waals surface area contributed by atoms with Crippen molar-refractivity contribution in [2.24, 2.45) is 5.92 Å². The predicted octanol–water partition coefficient (Wildman–Crippen LogP) is 1.51. The van der Waals surface area contributed by atoms with Crippen LogP contribution in [0.15, 0.2) is 16.5 Å². The predicted molar refractivity (Wildman–Crippen MR) is 81.1 cm³/mol. The molecule has 0 aliphatic rings. The van der Waals surface area contributed by atoms with Gasteiger partial charge in [0.05, 0.1) is 12.8 Å². The Balaban J connectivity index is 2.78. The average Bonchev–Trinajstić information content (AvgIpc) is 2.70. The van der Waals surface area contributed by atoms with Gasteiger partial charge in [-0.25, -0.2) is 13.1 Å². The maximum absolute atomic E-state index is 12.4. The number of hydrogen-bond acceptors (Lipinski definition) is 4. The second kappa shape index (κ2) is 7.09. The molecule has 1 aromatic rings. The lowest BCUT2D eigenvalue weighted by atomic mass is 10.0. The maximum atomic E-state index is 12.4. The van der Waals surface area contributed by atoms with E-state index in [2.05, 4.69) is 4.72 Å². The zero-order valence-corrected chi connectivity index (χ0v) is 14.0. The number of nitrogens with one attached hydrogen (secondary N) is 1. The molecule has 120 valence electrons. The van der Waals surface area contributed by atoms with Crippen LogP contribution in [0.5, 0.6) is 0 Å². The molecule has 1 aromatic heterocycles. The topological polar surface area (TPSA) is 79.6 Å². The van der Waals surface area contributed by atoms with Crippen molar-refractivity contribution in [2.75, 3.05) is 13.3 Å². The van der Waals surface area contributed by atoms with Gasteiger partial charge in [-0.15, -0.1) is 0 Å². The molecule has 1 unspecified atom stereocenters. The van der Waals surface area contributed by atoms with Crippen LogP contribution in [0.1, 0.15) is 31.8 Å². The zero-order valence-electron chi connectivity index (χ0n) is 13.2. The summed E-state index contributed by atoms with van der Waals surface area (Å²) in [5.41, 5.74) is 0. The van der Waals surface area contributed by atoms with Gasteiger partial charge in [-0.05, 0) is 31.4 Å². The summed E-state index contributed by atoms with van der Waals surface area (Å²) < 4.78 is 30.7. The van der Waals surface area contributed by atoms with Gasteiger partial charge in [-0.2, -0.15) is 0 Å². The van der Waals surface area contributed by atoms with Crippen LogP contribution in [0.3, 0.4) is 0 Å². The number of aryl methyl sites for hydroxylation is 1. The highest BCUT2D eigenvalue weighted by molar-refractivity contribution is 7.88. The summed E-state index contributed by atoms with van der Waals surface area (Å²) in [4.78, 5) is 13.9. The fraction of sp³-hybridized carbons (Fsp3) is 0.643. The van der Waals surface area contributed by atoms with E-state index in [0.717, 1.165) is 12.0 Å². The highest BCUT2D eigenvalue weighted by Gasteiger charge is 2.26. The van der Waals surface area contributed by atoms with E-state index < -0.39 is 16.1 Å². The van der Waals surface area contributed by atoms with Crippen molar-refractivity contribution in [1.82, 2.24) is 9.62 Å². The summed E-state index contributed by atoms with van der Waals surface area (Å²) in [6.45, 7) is 6.03. The first-order chi connectivity index (χ1) is 9.58. The summed E-state index contributed by atoms with van der Waals surface area (Å²) in [7, 11) is -1.80. The number of amides is 1. The van der Waals surface area contributed by atoms with Gasteiger partial charge >= 0.3 is 0 Å². The highest BCUT2D eigenvalue weighted by atomic mass is 32.2. The number of likely N-dealkylation sites (N-methyl/N-ethyl adjacent to an activating group) is 1. The average molecular weight is 316 g/mol. The Kier molecular flexibility index (Phi) is 5.98. The van der Waals surface area contributed by atoms with Crippen molar-refractivity contribution < 1.29 is 17.6 Å². The van der Waals surface area contributed by atoms with E-state index in [-0.39, 0.29) is 11.8 Å². The van der Waals surface area contributed by atoms with Crippen LogP contribution >= 0.6 is 0 Å². The molecule has 0 bridgehead atoms. The molecule has 0 aliphatic heterocycles. The lowest BCUT2D eigenvalue weighted by molar-refractivity contribution is -0.132. The van der Waals surface area contributed by atoms with Crippen molar-refractivity contribution in [1.29, 1.82) is 0 Å². The Hall–Kier alpha value is -1.34. The van der Waals surface area contributed by atoms with Crippen LogP contribution in [0.2, 0.25) is 0 Å². The van der Waals surface area contributed by atoms with Crippen molar-refractivity contribution in [2.45, 2.75) is 39.8 Å². The SMILES string of the molecule is Cc1ccc(CN(C)C(=O)C(CC(C)C)NS(C)(=O)=O)o1. The van der Waals surface area contributed by atoms with E-state index in [1.165, 1.54) is 4.90 Å². The van der Waals surface area contributed by atoms with E-state index in [9.17, 15) is 13.2 Å². The molecule has 21 heavy (non-hydrogen) atoms. The number of nitrogens with zero attached hydrogens (tertiary/aromatic N) is 1. The lowest BCUT2D eigenvalue weighted by Crippen LogP contribution is -2.47. The number of carbonyl (C=O) groups is 1. The smallest absolute Gasteiger partial charge is 0.240 e. The minimum Gasteiger partial charge on any atom is -0.464 e. The minimum atomic E-state index is -3.44. The van der Waals surface area contributed by atoms with Crippen LogP contribution in [-0.4, -0.2) is 38.6 Å². The van der Waals surface area contributed by atoms with Gasteiger partial charge in [0.2, 0.25) is 15.9 Å². The first-order valence-electron chi connectivity index (χ1n) is 6.86. The highest BCUT2D eigenvalue weighted by Crippen LogP contribution is 2.12. The molecule has 0 saturated carbocycles. The summed E-state index contributed by atoms with van der Waals surface area (Å²) >= 11 is 0. The molecule has 1 amide bonds. The Morgan fingerprint density at radius 3 is 2.43 bits per heavy atom. The molecule has 0 radical (unpaired) electrons. The van der Waals surface area contributed by atoms with Crippen molar-refractivity contribution in [3.63, 3.8) is 0 Å². The molecule has 1 atom stereocenters. The number of hydrogen-bond donors (Lipinski definition) is 1. The maximum Gasteiger partial charge on any atom is 0.240 e. The van der Waals surface area contributed by atoms with Crippen LogP contribution in [0.4, 0.5) is 0 Å². The first-order valence-corrected chi connectivity index (χ1v) is 8.75. The number of furan rings is 1. The van der Waals surface area contributed by atoms with Gasteiger partial charge in [-0.3, -0.25) is 4.79 Å². The van der Waals surface area contributed by atoms with Crippen LogP contribution in [0.25, 0.3) is 0 Å². The Bertz CT molecular complexity index is 578. The third-order valence-electron chi connectivity index (χ3n) is 2.93. The second-order valence-electron chi connectivity index (χ2n) is 5.78. The van der Waals surface area contributed by atoms with Crippen molar-refractivity contribution >= 4 is 15.9 Å². The van der Waals surface area contributed by atoms with Crippen LogP contribution in [0, 0.1) is 12.8 Å². The van der Waals surface area contributed by atoms with E-state index in [1.54, 1.807) is 13.1 Å². The third kappa shape index (κ3) is 6.31. The minimum absolute atomic E-state index is 0.201. The molecule has 1 N–H and O–H groups in total. The van der Waals surface area contributed by atoms with Gasteiger partial charge < -0.3 is 9.32 Å². The molecule has 0 spiro atoms. The molecule has 1 heterocycles. The normalized spacial score (nSPS) is 13.4. The fourth-order valence-corrected chi connectivity index (χ4v) is 2.79. The standard InChI is InChI=1S/C14H24N2O4S/c1-10(2)8-13(15-21(5,18)19)14(17)16(4)9-12-7-6-11(3)20-12/h6-7,10,13,15H,8-9H2,1-5H3. The quantitative estimate of drug-likeness (QED) is 0.827. The Morgan fingerprint density at radius 1 is 1.38 bits per heavy atom. The third-order valence-corrected chi connectivity index (χ3v) is 3.64. The molecule has 6 nitrogen and oxygen atoms in total. The molecule has 0 fully saturated rings. The van der Waals surface area contributed by atoms with E-state index in [4.69, 9.17) is 4.42 Å². The van der Waals surface area contributed by atoms with Crippen molar-refractivity contribution in [3.8, 4) is 0 Å². The summed E-state index contributed by atoms with van der Waals surface area (Å²) in [5, 5.41) is 0. The first kappa shape index (κ1) is 17.7. The summed E-state index contributed by atoms with van der Waals surface area (Å²) in [6, 6.07) is 2.88.